The molecule has 30 heavy (non-hydrogen) atoms. The Balaban J connectivity index is 1.44. The maximum Gasteiger partial charge on any atom is 0.137 e. The minimum Gasteiger partial charge on any atom is -0.394 e. The van der Waals surface area contributed by atoms with Gasteiger partial charge in [0.25, 0.3) is 0 Å². The maximum absolute atomic E-state index is 9.84. The molecule has 5 nitrogen and oxygen atoms in total. The van der Waals surface area contributed by atoms with Gasteiger partial charge < -0.3 is 19.9 Å². The zero-order valence-electron chi connectivity index (χ0n) is 17.1. The molecule has 0 unspecified atom stereocenters. The van der Waals surface area contributed by atoms with Crippen LogP contribution in [0.4, 0.5) is 0 Å². The molecule has 156 valence electrons. The average Bonchev–Trinajstić information content (AvgIpc) is 3.23. The normalized spacial score (nSPS) is 20.8. The smallest absolute Gasteiger partial charge is 0.137 e. The summed E-state index contributed by atoms with van der Waals surface area (Å²) in [5.41, 5.74) is 4.66. The number of nitrogens with zero attached hydrogens (tertiary/aromatic N) is 2. The molecule has 1 aliphatic carbocycles. The molecule has 0 bridgehead atoms. The molecule has 1 aromatic heterocycles. The van der Waals surface area contributed by atoms with E-state index in [2.05, 4.69) is 53.5 Å². The van der Waals surface area contributed by atoms with Crippen molar-refractivity contribution < 1.29 is 15.3 Å². The van der Waals surface area contributed by atoms with E-state index >= 15 is 0 Å². The van der Waals surface area contributed by atoms with Crippen molar-refractivity contribution in [2.75, 3.05) is 6.61 Å². The molecule has 3 aromatic rings. The zero-order chi connectivity index (χ0) is 21.1. The number of benzene rings is 2. The standard InChI is InChI=1S/C25H28N2O3/c1-17(29)25-26-12-13-27(25)23(16-28)11-4-18-2-5-19(6-3-18)20-7-9-21(10-8-20)22-14-24(30)15-22/h2-13,17,22-24,28-30H,14-16H2,1H3/b11-4+/t17-,22?,23-,24?/m0/s1. The first-order chi connectivity index (χ1) is 14.5. The van der Waals surface area contributed by atoms with Gasteiger partial charge in [-0.15, -0.1) is 0 Å². The highest BCUT2D eigenvalue weighted by Gasteiger charge is 2.28. The van der Waals surface area contributed by atoms with E-state index in [1.54, 1.807) is 23.9 Å². The number of aliphatic hydroxyl groups is 3. The quantitative estimate of drug-likeness (QED) is 0.554. The summed E-state index contributed by atoms with van der Waals surface area (Å²) in [5, 5.41) is 29.1. The molecule has 5 heteroatoms. The number of hydrogen-bond acceptors (Lipinski definition) is 4. The number of hydrogen-bond donors (Lipinski definition) is 3. The van der Waals surface area contributed by atoms with E-state index in [1.165, 1.54) is 11.1 Å². The Kier molecular flexibility index (Phi) is 6.13. The second kappa shape index (κ2) is 8.96. The van der Waals surface area contributed by atoms with E-state index in [9.17, 15) is 15.3 Å². The maximum atomic E-state index is 9.84. The van der Waals surface area contributed by atoms with Crippen LogP contribution in [-0.2, 0) is 0 Å². The predicted octanol–water partition coefficient (Wildman–Crippen LogP) is 4.09. The number of aliphatic hydroxyl groups excluding tert-OH is 3. The molecule has 4 rings (SSSR count). The van der Waals surface area contributed by atoms with E-state index in [1.807, 2.05) is 12.2 Å². The Morgan fingerprint density at radius 2 is 1.70 bits per heavy atom. The summed E-state index contributed by atoms with van der Waals surface area (Å²) in [6.07, 6.45) is 8.21. The summed E-state index contributed by atoms with van der Waals surface area (Å²) >= 11 is 0. The lowest BCUT2D eigenvalue weighted by atomic mass is 9.77. The minimum absolute atomic E-state index is 0.0744. The molecule has 2 atom stereocenters. The molecule has 0 radical (unpaired) electrons. The molecule has 0 aliphatic heterocycles. The van der Waals surface area contributed by atoms with Gasteiger partial charge >= 0.3 is 0 Å². The largest absolute Gasteiger partial charge is 0.394 e. The molecule has 1 fully saturated rings. The lowest BCUT2D eigenvalue weighted by Gasteiger charge is -2.31. The first-order valence-corrected chi connectivity index (χ1v) is 10.4. The van der Waals surface area contributed by atoms with Crippen LogP contribution in [0.2, 0.25) is 0 Å². The first kappa shape index (κ1) is 20.5. The van der Waals surface area contributed by atoms with Gasteiger partial charge in [-0.1, -0.05) is 60.7 Å². The third-order valence-corrected chi connectivity index (χ3v) is 5.87. The third kappa shape index (κ3) is 4.38. The summed E-state index contributed by atoms with van der Waals surface area (Å²) in [4.78, 5) is 4.17. The van der Waals surface area contributed by atoms with E-state index in [-0.39, 0.29) is 18.8 Å². The molecule has 0 spiro atoms. The van der Waals surface area contributed by atoms with Gasteiger partial charge in [0.2, 0.25) is 0 Å². The monoisotopic (exact) mass is 404 g/mol. The number of aromatic nitrogens is 2. The van der Waals surface area contributed by atoms with Crippen molar-refractivity contribution in [1.82, 2.24) is 9.55 Å². The Bertz CT molecular complexity index is 984. The van der Waals surface area contributed by atoms with Crippen LogP contribution < -0.4 is 0 Å². The van der Waals surface area contributed by atoms with Crippen molar-refractivity contribution >= 4 is 6.08 Å². The molecule has 1 saturated carbocycles. The van der Waals surface area contributed by atoms with Gasteiger partial charge in [-0.05, 0) is 47.9 Å². The Morgan fingerprint density at radius 3 is 2.27 bits per heavy atom. The molecular formula is C25H28N2O3. The lowest BCUT2D eigenvalue weighted by Crippen LogP contribution is -2.26. The van der Waals surface area contributed by atoms with Crippen molar-refractivity contribution in [1.29, 1.82) is 0 Å². The third-order valence-electron chi connectivity index (χ3n) is 5.87. The lowest BCUT2D eigenvalue weighted by molar-refractivity contribution is 0.0746. The van der Waals surface area contributed by atoms with Crippen molar-refractivity contribution in [2.24, 2.45) is 0 Å². The summed E-state index contributed by atoms with van der Waals surface area (Å²) in [6, 6.07) is 16.6. The molecule has 1 heterocycles. The SMILES string of the molecule is C[C@H](O)c1nccn1[C@@H](/C=C/c1ccc(-c2ccc(C3CC(O)C3)cc2)cc1)CO. The fourth-order valence-corrected chi connectivity index (χ4v) is 3.99. The number of imidazole rings is 1. The van der Waals surface area contributed by atoms with E-state index < -0.39 is 6.10 Å². The van der Waals surface area contributed by atoms with Gasteiger partial charge in [0.05, 0.1) is 18.8 Å². The van der Waals surface area contributed by atoms with Crippen LogP contribution in [0.5, 0.6) is 0 Å². The fraction of sp³-hybridized carbons (Fsp3) is 0.320. The van der Waals surface area contributed by atoms with Crippen LogP contribution in [-0.4, -0.2) is 37.6 Å². The van der Waals surface area contributed by atoms with Crippen LogP contribution in [0.15, 0.2) is 67.0 Å². The Labute approximate surface area is 177 Å². The first-order valence-electron chi connectivity index (χ1n) is 10.4. The topological polar surface area (TPSA) is 78.5 Å². The van der Waals surface area contributed by atoms with Crippen LogP contribution in [0.3, 0.4) is 0 Å². The molecule has 3 N–H and O–H groups in total. The van der Waals surface area contributed by atoms with Gasteiger partial charge in [-0.25, -0.2) is 4.98 Å². The highest BCUT2D eigenvalue weighted by Crippen LogP contribution is 2.37. The summed E-state index contributed by atoms with van der Waals surface area (Å²) in [6.45, 7) is 1.59. The Morgan fingerprint density at radius 1 is 1.07 bits per heavy atom. The van der Waals surface area contributed by atoms with Crippen LogP contribution in [0.25, 0.3) is 17.2 Å². The average molecular weight is 405 g/mol. The molecule has 2 aromatic carbocycles. The summed E-state index contributed by atoms with van der Waals surface area (Å²) in [5.74, 6) is 1.03. The number of rotatable bonds is 7. The Hall–Kier alpha value is -2.73. The van der Waals surface area contributed by atoms with E-state index in [4.69, 9.17) is 0 Å². The second-order valence-electron chi connectivity index (χ2n) is 8.04. The van der Waals surface area contributed by atoms with Gasteiger partial charge in [-0.2, -0.15) is 0 Å². The second-order valence-corrected chi connectivity index (χ2v) is 8.04. The molecule has 0 amide bonds. The van der Waals surface area contributed by atoms with Crippen molar-refractivity contribution in [3.8, 4) is 11.1 Å². The fourth-order valence-electron chi connectivity index (χ4n) is 3.99. The van der Waals surface area contributed by atoms with Gasteiger partial charge in [0.15, 0.2) is 0 Å². The zero-order valence-corrected chi connectivity index (χ0v) is 17.1. The van der Waals surface area contributed by atoms with Crippen LogP contribution >= 0.6 is 0 Å². The van der Waals surface area contributed by atoms with Crippen molar-refractivity contribution in [3.63, 3.8) is 0 Å². The van der Waals surface area contributed by atoms with Crippen LogP contribution in [0, 0.1) is 0 Å². The molecule has 0 saturated heterocycles. The molecular weight excluding hydrogens is 376 g/mol. The summed E-state index contributed by atoms with van der Waals surface area (Å²) in [7, 11) is 0. The van der Waals surface area contributed by atoms with Gasteiger partial charge in [0, 0.05) is 12.4 Å². The van der Waals surface area contributed by atoms with E-state index in [0.29, 0.717) is 11.7 Å². The molecule has 1 aliphatic rings. The highest BCUT2D eigenvalue weighted by atomic mass is 16.3. The van der Waals surface area contributed by atoms with Gasteiger partial charge in [-0.3, -0.25) is 0 Å². The summed E-state index contributed by atoms with van der Waals surface area (Å²) < 4.78 is 1.79. The van der Waals surface area contributed by atoms with Crippen LogP contribution in [0.1, 0.15) is 54.8 Å². The van der Waals surface area contributed by atoms with Gasteiger partial charge in [0.1, 0.15) is 11.9 Å². The van der Waals surface area contributed by atoms with Crippen molar-refractivity contribution in [2.45, 2.75) is 43.9 Å². The van der Waals surface area contributed by atoms with E-state index in [0.717, 1.165) is 24.0 Å². The predicted molar refractivity (Wildman–Crippen MR) is 118 cm³/mol. The highest BCUT2D eigenvalue weighted by molar-refractivity contribution is 5.66. The minimum atomic E-state index is -0.692. The van der Waals surface area contributed by atoms with Crippen molar-refractivity contribution in [3.05, 3.63) is 84.0 Å².